The Morgan fingerprint density at radius 2 is 1.89 bits per heavy atom. The van der Waals surface area contributed by atoms with Crippen molar-refractivity contribution in [1.29, 1.82) is 0 Å². The maximum absolute atomic E-state index is 12.7. The second-order valence-corrected chi connectivity index (χ2v) is 6.86. The molecule has 7 heteroatoms. The summed E-state index contributed by atoms with van der Waals surface area (Å²) < 4.78 is 7.60. The summed E-state index contributed by atoms with van der Waals surface area (Å²) in [5.41, 5.74) is 0.567. The van der Waals surface area contributed by atoms with Crippen molar-refractivity contribution in [2.75, 3.05) is 13.1 Å². The quantitative estimate of drug-likeness (QED) is 0.691. The normalized spacial score (nSPS) is 14.9. The van der Waals surface area contributed by atoms with E-state index in [9.17, 15) is 4.79 Å². The molecular weight excluding hydrogens is 364 g/mol. The van der Waals surface area contributed by atoms with Gasteiger partial charge in [0.15, 0.2) is 5.82 Å². The summed E-state index contributed by atoms with van der Waals surface area (Å²) in [5.74, 6) is 1.48. The number of piperidine rings is 1. The second-order valence-electron chi connectivity index (χ2n) is 6.42. The lowest BCUT2D eigenvalue weighted by Gasteiger charge is -2.32. The van der Waals surface area contributed by atoms with E-state index in [0.29, 0.717) is 29.5 Å². The first kappa shape index (κ1) is 17.5. The Bertz CT molecular complexity index is 903. The maximum atomic E-state index is 12.7. The van der Waals surface area contributed by atoms with Gasteiger partial charge in [-0.1, -0.05) is 17.7 Å². The number of aromatic nitrogens is 3. The predicted octanol–water partition coefficient (Wildman–Crippen LogP) is 3.60. The zero-order valence-electron chi connectivity index (χ0n) is 14.7. The topological polar surface area (TPSA) is 60.2 Å². The molecule has 4 rings (SSSR count). The van der Waals surface area contributed by atoms with Gasteiger partial charge in [0.1, 0.15) is 11.9 Å². The maximum Gasteiger partial charge on any atom is 0.257 e. The zero-order chi connectivity index (χ0) is 18.6. The SMILES string of the molecule is O=C(c1cnn(-c2ccccn2)c1)N1CCC(Oc2ccc(Cl)cc2)CC1. The molecule has 0 unspecified atom stereocenters. The van der Waals surface area contributed by atoms with Gasteiger partial charge in [-0.3, -0.25) is 4.79 Å². The summed E-state index contributed by atoms with van der Waals surface area (Å²) in [6.07, 6.45) is 6.70. The van der Waals surface area contributed by atoms with Crippen LogP contribution in [0, 0.1) is 0 Å². The van der Waals surface area contributed by atoms with Crippen LogP contribution in [0.3, 0.4) is 0 Å². The van der Waals surface area contributed by atoms with Gasteiger partial charge in [0.25, 0.3) is 5.91 Å². The van der Waals surface area contributed by atoms with Crippen molar-refractivity contribution >= 4 is 17.5 Å². The summed E-state index contributed by atoms with van der Waals surface area (Å²) in [5, 5.41) is 4.94. The van der Waals surface area contributed by atoms with Crippen molar-refractivity contribution in [3.63, 3.8) is 0 Å². The van der Waals surface area contributed by atoms with Gasteiger partial charge in [-0.15, -0.1) is 0 Å². The van der Waals surface area contributed by atoms with Crippen molar-refractivity contribution in [1.82, 2.24) is 19.7 Å². The van der Waals surface area contributed by atoms with Gasteiger partial charge in [0, 0.05) is 43.3 Å². The molecule has 27 heavy (non-hydrogen) atoms. The number of ether oxygens (including phenoxy) is 1. The fraction of sp³-hybridized carbons (Fsp3) is 0.250. The predicted molar refractivity (Wildman–Crippen MR) is 102 cm³/mol. The molecule has 0 aliphatic carbocycles. The molecule has 1 amide bonds. The molecule has 3 heterocycles. The number of amides is 1. The van der Waals surface area contributed by atoms with Gasteiger partial charge >= 0.3 is 0 Å². The molecule has 1 saturated heterocycles. The Balaban J connectivity index is 1.35. The Hall–Kier alpha value is -2.86. The summed E-state index contributed by atoms with van der Waals surface area (Å²) in [6, 6.07) is 12.9. The minimum atomic E-state index is -0.0119. The lowest BCUT2D eigenvalue weighted by molar-refractivity contribution is 0.0595. The van der Waals surface area contributed by atoms with Crippen LogP contribution < -0.4 is 4.74 Å². The lowest BCUT2D eigenvalue weighted by atomic mass is 10.1. The highest BCUT2D eigenvalue weighted by Gasteiger charge is 2.25. The van der Waals surface area contributed by atoms with Gasteiger partial charge in [0.2, 0.25) is 0 Å². The molecule has 0 bridgehead atoms. The molecule has 3 aromatic rings. The van der Waals surface area contributed by atoms with Crippen molar-refractivity contribution in [2.45, 2.75) is 18.9 Å². The van der Waals surface area contributed by atoms with Gasteiger partial charge < -0.3 is 9.64 Å². The molecular formula is C20H19ClN4O2. The third kappa shape index (κ3) is 4.11. The zero-order valence-corrected chi connectivity index (χ0v) is 15.4. The Kier molecular flexibility index (Phi) is 5.07. The number of benzene rings is 1. The largest absolute Gasteiger partial charge is 0.490 e. The van der Waals surface area contributed by atoms with E-state index < -0.39 is 0 Å². The van der Waals surface area contributed by atoms with Crippen molar-refractivity contribution in [2.24, 2.45) is 0 Å². The molecule has 0 spiro atoms. The second kappa shape index (κ2) is 7.80. The van der Waals surface area contributed by atoms with E-state index in [1.807, 2.05) is 47.4 Å². The molecule has 1 aliphatic rings. The first-order valence-corrected chi connectivity index (χ1v) is 9.24. The van der Waals surface area contributed by atoms with Crippen molar-refractivity contribution in [3.8, 4) is 11.6 Å². The number of hydrogen-bond donors (Lipinski definition) is 0. The van der Waals surface area contributed by atoms with Gasteiger partial charge in [-0.05, 0) is 36.4 Å². The van der Waals surface area contributed by atoms with Crippen LogP contribution in [0.25, 0.3) is 5.82 Å². The molecule has 1 fully saturated rings. The average Bonchev–Trinajstić information content (AvgIpc) is 3.21. The van der Waals surface area contributed by atoms with Crippen LogP contribution in [0.4, 0.5) is 0 Å². The summed E-state index contributed by atoms with van der Waals surface area (Å²) >= 11 is 5.90. The highest BCUT2D eigenvalue weighted by Crippen LogP contribution is 2.22. The van der Waals surface area contributed by atoms with E-state index >= 15 is 0 Å². The van der Waals surface area contributed by atoms with Crippen LogP contribution in [-0.2, 0) is 0 Å². The third-order valence-electron chi connectivity index (χ3n) is 4.56. The molecule has 1 aliphatic heterocycles. The number of likely N-dealkylation sites (tertiary alicyclic amines) is 1. The standard InChI is InChI=1S/C20H19ClN4O2/c21-16-4-6-17(7-5-16)27-18-8-11-24(12-9-18)20(26)15-13-23-25(14-15)19-3-1-2-10-22-19/h1-7,10,13-14,18H,8-9,11-12H2. The fourth-order valence-electron chi connectivity index (χ4n) is 3.11. The number of pyridine rings is 1. The van der Waals surface area contributed by atoms with Gasteiger partial charge in [-0.25, -0.2) is 9.67 Å². The Labute approximate surface area is 162 Å². The molecule has 6 nitrogen and oxygen atoms in total. The molecule has 0 N–H and O–H groups in total. The number of carbonyl (C=O) groups is 1. The van der Waals surface area contributed by atoms with E-state index in [-0.39, 0.29) is 12.0 Å². The number of carbonyl (C=O) groups excluding carboxylic acids is 1. The number of hydrogen-bond acceptors (Lipinski definition) is 4. The Morgan fingerprint density at radius 1 is 1.11 bits per heavy atom. The van der Waals surface area contributed by atoms with Crippen LogP contribution in [0.1, 0.15) is 23.2 Å². The first-order chi connectivity index (χ1) is 13.2. The highest BCUT2D eigenvalue weighted by atomic mass is 35.5. The summed E-state index contributed by atoms with van der Waals surface area (Å²) in [6.45, 7) is 1.32. The molecule has 0 saturated carbocycles. The van der Waals surface area contributed by atoms with Gasteiger partial charge in [-0.2, -0.15) is 5.10 Å². The highest BCUT2D eigenvalue weighted by molar-refractivity contribution is 6.30. The Morgan fingerprint density at radius 3 is 2.59 bits per heavy atom. The van der Waals surface area contributed by atoms with Gasteiger partial charge in [0.05, 0.1) is 11.8 Å². The first-order valence-electron chi connectivity index (χ1n) is 8.86. The third-order valence-corrected chi connectivity index (χ3v) is 4.81. The monoisotopic (exact) mass is 382 g/mol. The smallest absolute Gasteiger partial charge is 0.257 e. The molecule has 2 aromatic heterocycles. The number of rotatable bonds is 4. The van der Waals surface area contributed by atoms with Crippen LogP contribution in [0.15, 0.2) is 61.1 Å². The van der Waals surface area contributed by atoms with Crippen molar-refractivity contribution in [3.05, 3.63) is 71.6 Å². The molecule has 0 radical (unpaired) electrons. The lowest BCUT2D eigenvalue weighted by Crippen LogP contribution is -2.41. The number of nitrogens with zero attached hydrogens (tertiary/aromatic N) is 4. The molecule has 0 atom stereocenters. The van der Waals surface area contributed by atoms with Crippen LogP contribution in [0.5, 0.6) is 5.75 Å². The van der Waals surface area contributed by atoms with Crippen LogP contribution in [0.2, 0.25) is 5.02 Å². The molecule has 1 aromatic carbocycles. The van der Waals surface area contributed by atoms with E-state index in [1.54, 1.807) is 23.3 Å². The molecule has 138 valence electrons. The van der Waals surface area contributed by atoms with Crippen molar-refractivity contribution < 1.29 is 9.53 Å². The number of halogens is 1. The average molecular weight is 383 g/mol. The minimum Gasteiger partial charge on any atom is -0.490 e. The van der Waals surface area contributed by atoms with E-state index in [2.05, 4.69) is 10.1 Å². The van der Waals surface area contributed by atoms with Crippen LogP contribution in [-0.4, -0.2) is 44.8 Å². The van der Waals surface area contributed by atoms with E-state index in [0.717, 1.165) is 18.6 Å². The van der Waals surface area contributed by atoms with Crippen LogP contribution >= 0.6 is 11.6 Å². The minimum absolute atomic E-state index is 0.0119. The summed E-state index contributed by atoms with van der Waals surface area (Å²) in [4.78, 5) is 18.8. The van der Waals surface area contributed by atoms with E-state index in [4.69, 9.17) is 16.3 Å². The van der Waals surface area contributed by atoms with E-state index in [1.165, 1.54) is 0 Å². The summed E-state index contributed by atoms with van der Waals surface area (Å²) in [7, 11) is 0. The fourth-order valence-corrected chi connectivity index (χ4v) is 3.24.